The molecule has 0 aromatic rings. The van der Waals surface area contributed by atoms with Crippen molar-refractivity contribution in [3.8, 4) is 0 Å². The van der Waals surface area contributed by atoms with E-state index < -0.39 is 0 Å². The van der Waals surface area contributed by atoms with Gasteiger partial charge >= 0.3 is 0 Å². The second kappa shape index (κ2) is 6.55. The quantitative estimate of drug-likeness (QED) is 0.846. The SMILES string of the molecule is CCC(CNC(C)(C)C)N1CCN(C(C)(C)C)CC1. The summed E-state index contributed by atoms with van der Waals surface area (Å²) < 4.78 is 0. The Labute approximate surface area is 120 Å². The molecule has 3 heteroatoms. The summed E-state index contributed by atoms with van der Waals surface area (Å²) in [5.41, 5.74) is 0.540. The topological polar surface area (TPSA) is 18.5 Å². The van der Waals surface area contributed by atoms with Crippen molar-refractivity contribution in [3.63, 3.8) is 0 Å². The molecule has 3 nitrogen and oxygen atoms in total. The maximum absolute atomic E-state index is 3.66. The molecule has 19 heavy (non-hydrogen) atoms. The Morgan fingerprint density at radius 3 is 1.84 bits per heavy atom. The molecule has 0 radical (unpaired) electrons. The molecule has 1 rings (SSSR count). The molecule has 0 saturated carbocycles. The second-order valence-corrected chi connectivity index (χ2v) is 7.89. The summed E-state index contributed by atoms with van der Waals surface area (Å²) in [4.78, 5) is 5.27. The van der Waals surface area contributed by atoms with E-state index in [4.69, 9.17) is 0 Å². The lowest BCUT2D eigenvalue weighted by atomic mass is 10.0. The van der Waals surface area contributed by atoms with Crippen LogP contribution in [0.3, 0.4) is 0 Å². The minimum atomic E-state index is 0.223. The van der Waals surface area contributed by atoms with Gasteiger partial charge in [0.1, 0.15) is 0 Å². The van der Waals surface area contributed by atoms with Crippen LogP contribution in [0.4, 0.5) is 0 Å². The van der Waals surface area contributed by atoms with Gasteiger partial charge < -0.3 is 5.32 Å². The largest absolute Gasteiger partial charge is 0.311 e. The average molecular weight is 269 g/mol. The van der Waals surface area contributed by atoms with Gasteiger partial charge in [-0.25, -0.2) is 0 Å². The van der Waals surface area contributed by atoms with Crippen molar-refractivity contribution in [3.05, 3.63) is 0 Å². The number of hydrogen-bond acceptors (Lipinski definition) is 3. The van der Waals surface area contributed by atoms with Gasteiger partial charge in [0.25, 0.3) is 0 Å². The summed E-state index contributed by atoms with van der Waals surface area (Å²) >= 11 is 0. The van der Waals surface area contributed by atoms with Gasteiger partial charge in [0.05, 0.1) is 0 Å². The van der Waals surface area contributed by atoms with Crippen molar-refractivity contribution >= 4 is 0 Å². The van der Waals surface area contributed by atoms with Crippen LogP contribution in [0.25, 0.3) is 0 Å². The number of piperazine rings is 1. The van der Waals surface area contributed by atoms with Crippen LogP contribution in [-0.2, 0) is 0 Å². The molecule has 1 fully saturated rings. The molecule has 1 aliphatic rings. The molecule has 0 bridgehead atoms. The Balaban J connectivity index is 2.44. The van der Waals surface area contributed by atoms with E-state index >= 15 is 0 Å². The molecule has 1 N–H and O–H groups in total. The summed E-state index contributed by atoms with van der Waals surface area (Å²) in [5, 5.41) is 3.66. The van der Waals surface area contributed by atoms with Crippen molar-refractivity contribution in [1.29, 1.82) is 0 Å². The van der Waals surface area contributed by atoms with E-state index in [1.165, 1.54) is 32.6 Å². The van der Waals surface area contributed by atoms with Crippen molar-refractivity contribution in [2.45, 2.75) is 72.0 Å². The van der Waals surface area contributed by atoms with Crippen molar-refractivity contribution < 1.29 is 0 Å². The summed E-state index contributed by atoms with van der Waals surface area (Å²) in [7, 11) is 0. The highest BCUT2D eigenvalue weighted by atomic mass is 15.3. The van der Waals surface area contributed by atoms with Crippen molar-refractivity contribution in [2.24, 2.45) is 0 Å². The van der Waals surface area contributed by atoms with E-state index in [-0.39, 0.29) is 5.54 Å². The summed E-state index contributed by atoms with van der Waals surface area (Å²) in [6.07, 6.45) is 1.23. The first kappa shape index (κ1) is 16.9. The van der Waals surface area contributed by atoms with E-state index in [1.807, 2.05) is 0 Å². The zero-order chi connectivity index (χ0) is 14.7. The number of nitrogens with zero attached hydrogens (tertiary/aromatic N) is 2. The monoisotopic (exact) mass is 269 g/mol. The van der Waals surface area contributed by atoms with Gasteiger partial charge in [-0.2, -0.15) is 0 Å². The Morgan fingerprint density at radius 2 is 1.47 bits per heavy atom. The minimum Gasteiger partial charge on any atom is -0.311 e. The van der Waals surface area contributed by atoms with Crippen LogP contribution in [0.15, 0.2) is 0 Å². The first-order valence-electron chi connectivity index (χ1n) is 7.87. The van der Waals surface area contributed by atoms with Gasteiger partial charge in [-0.3, -0.25) is 9.80 Å². The number of hydrogen-bond donors (Lipinski definition) is 1. The third-order valence-corrected chi connectivity index (χ3v) is 4.12. The van der Waals surface area contributed by atoms with E-state index in [0.717, 1.165) is 6.54 Å². The van der Waals surface area contributed by atoms with Crippen LogP contribution in [0.1, 0.15) is 54.9 Å². The molecule has 1 aliphatic heterocycles. The number of rotatable bonds is 4. The lowest BCUT2D eigenvalue weighted by Gasteiger charge is -2.45. The van der Waals surface area contributed by atoms with Crippen LogP contribution in [0, 0.1) is 0 Å². The average Bonchev–Trinajstić information content (AvgIpc) is 2.28. The third kappa shape index (κ3) is 5.80. The highest BCUT2D eigenvalue weighted by Crippen LogP contribution is 2.17. The zero-order valence-corrected chi connectivity index (χ0v) is 14.2. The van der Waals surface area contributed by atoms with Crippen LogP contribution in [0.5, 0.6) is 0 Å². The predicted octanol–water partition coefficient (Wildman–Crippen LogP) is 2.57. The van der Waals surface area contributed by atoms with Gasteiger partial charge in [0.2, 0.25) is 0 Å². The number of nitrogens with one attached hydrogen (secondary N) is 1. The molecule has 1 atom stereocenters. The van der Waals surface area contributed by atoms with E-state index in [1.54, 1.807) is 0 Å². The molecule has 0 aromatic carbocycles. The zero-order valence-electron chi connectivity index (χ0n) is 14.2. The molecule has 1 heterocycles. The van der Waals surface area contributed by atoms with Crippen LogP contribution < -0.4 is 5.32 Å². The van der Waals surface area contributed by atoms with Gasteiger partial charge in [-0.1, -0.05) is 6.92 Å². The van der Waals surface area contributed by atoms with Gasteiger partial charge in [-0.15, -0.1) is 0 Å². The van der Waals surface area contributed by atoms with Gasteiger partial charge in [-0.05, 0) is 48.0 Å². The maximum atomic E-state index is 3.66. The van der Waals surface area contributed by atoms with E-state index in [0.29, 0.717) is 11.6 Å². The Bertz CT molecular complexity index is 254. The first-order valence-corrected chi connectivity index (χ1v) is 7.87. The smallest absolute Gasteiger partial charge is 0.0219 e. The fourth-order valence-electron chi connectivity index (χ4n) is 2.71. The molecule has 114 valence electrons. The molecule has 0 amide bonds. The molecule has 1 unspecified atom stereocenters. The van der Waals surface area contributed by atoms with Crippen molar-refractivity contribution in [1.82, 2.24) is 15.1 Å². The van der Waals surface area contributed by atoms with Gasteiger partial charge in [0, 0.05) is 49.8 Å². The van der Waals surface area contributed by atoms with Crippen LogP contribution in [0.2, 0.25) is 0 Å². The summed E-state index contributed by atoms with van der Waals surface area (Å²) in [5.74, 6) is 0. The highest BCUT2D eigenvalue weighted by Gasteiger charge is 2.28. The lowest BCUT2D eigenvalue weighted by molar-refractivity contribution is 0.0398. The maximum Gasteiger partial charge on any atom is 0.0219 e. The summed E-state index contributed by atoms with van der Waals surface area (Å²) in [6.45, 7) is 21.9. The summed E-state index contributed by atoms with van der Waals surface area (Å²) in [6, 6.07) is 0.682. The van der Waals surface area contributed by atoms with Crippen LogP contribution in [-0.4, -0.2) is 59.6 Å². The molecular formula is C16H35N3. The highest BCUT2D eigenvalue weighted by molar-refractivity contribution is 4.86. The molecule has 0 aliphatic carbocycles. The Hall–Kier alpha value is -0.120. The third-order valence-electron chi connectivity index (χ3n) is 4.12. The first-order chi connectivity index (χ1) is 8.63. The van der Waals surface area contributed by atoms with E-state index in [9.17, 15) is 0 Å². The normalized spacial score (nSPS) is 21.6. The fourth-order valence-corrected chi connectivity index (χ4v) is 2.71. The predicted molar refractivity (Wildman–Crippen MR) is 84.7 cm³/mol. The molecule has 0 aromatic heterocycles. The standard InChI is InChI=1S/C16H35N3/c1-8-14(13-17-15(2,3)4)18-9-11-19(12-10-18)16(5,6)7/h14,17H,8-13H2,1-7H3. The second-order valence-electron chi connectivity index (χ2n) is 7.89. The Morgan fingerprint density at radius 1 is 0.947 bits per heavy atom. The Kier molecular flexibility index (Phi) is 5.84. The van der Waals surface area contributed by atoms with E-state index in [2.05, 4.69) is 63.6 Å². The molecule has 0 spiro atoms. The minimum absolute atomic E-state index is 0.223. The van der Waals surface area contributed by atoms with Gasteiger partial charge in [0.15, 0.2) is 0 Å². The van der Waals surface area contributed by atoms with Crippen molar-refractivity contribution in [2.75, 3.05) is 32.7 Å². The lowest BCUT2D eigenvalue weighted by Crippen LogP contribution is -2.57. The van der Waals surface area contributed by atoms with Crippen LogP contribution >= 0.6 is 0 Å². The molecular weight excluding hydrogens is 234 g/mol. The molecule has 1 saturated heterocycles. The fraction of sp³-hybridized carbons (Fsp3) is 1.00.